The van der Waals surface area contributed by atoms with Crippen LogP contribution in [-0.2, 0) is 4.79 Å². The molecule has 0 fully saturated rings. The van der Waals surface area contributed by atoms with E-state index < -0.39 is 0 Å². The molecule has 0 aliphatic rings. The van der Waals surface area contributed by atoms with E-state index in [1.807, 2.05) is 0 Å². The van der Waals surface area contributed by atoms with Crippen molar-refractivity contribution in [3.05, 3.63) is 6.92 Å². The number of carbonyl (C=O) groups is 1. The Labute approximate surface area is 140 Å². The van der Waals surface area contributed by atoms with E-state index in [4.69, 9.17) is 0 Å². The first-order valence-corrected chi connectivity index (χ1v) is 9.83. The number of rotatable bonds is 16. The van der Waals surface area contributed by atoms with Gasteiger partial charge in [-0.2, -0.15) is 0 Å². The topological polar surface area (TPSA) is 20.3 Å². The maximum absolute atomic E-state index is 12.4. The molecule has 22 heavy (non-hydrogen) atoms. The van der Waals surface area contributed by atoms with Gasteiger partial charge in [0, 0.05) is 19.5 Å². The largest absolute Gasteiger partial charge is 0.343 e. The molecule has 0 bridgehead atoms. The molecule has 0 aliphatic heterocycles. The van der Waals surface area contributed by atoms with Crippen LogP contribution in [-0.4, -0.2) is 23.9 Å². The minimum Gasteiger partial charge on any atom is -0.343 e. The highest BCUT2D eigenvalue weighted by atomic mass is 16.2. The Morgan fingerprint density at radius 2 is 1.23 bits per heavy atom. The minimum absolute atomic E-state index is 0.391. The molecular formula is C20H40NO. The molecule has 0 aromatic heterocycles. The van der Waals surface area contributed by atoms with Crippen molar-refractivity contribution in [2.24, 2.45) is 0 Å². The third kappa shape index (κ3) is 13.2. The summed E-state index contributed by atoms with van der Waals surface area (Å²) in [6.45, 7) is 10.3. The lowest BCUT2D eigenvalue weighted by atomic mass is 10.1. The van der Waals surface area contributed by atoms with Crippen molar-refractivity contribution >= 4 is 5.91 Å². The average Bonchev–Trinajstić information content (AvgIpc) is 2.53. The maximum atomic E-state index is 12.4. The van der Waals surface area contributed by atoms with Crippen LogP contribution >= 0.6 is 0 Å². The van der Waals surface area contributed by atoms with Crippen LogP contribution in [0, 0.1) is 6.92 Å². The van der Waals surface area contributed by atoms with Crippen molar-refractivity contribution in [3.8, 4) is 0 Å². The second kappa shape index (κ2) is 16.8. The molecule has 0 aromatic rings. The number of unbranched alkanes of at least 4 members (excludes halogenated alkanes) is 10. The van der Waals surface area contributed by atoms with E-state index in [0.717, 1.165) is 32.4 Å². The first-order valence-electron chi connectivity index (χ1n) is 9.83. The quantitative estimate of drug-likeness (QED) is 0.313. The number of hydrogen-bond donors (Lipinski definition) is 0. The standard InChI is InChI=1S/C20H40NO/c1-4-7-10-13-14-17-20(22)21(18-15-11-8-5-2)19-16-12-9-6-3/h1,4-19H2,2-3H3. The van der Waals surface area contributed by atoms with Gasteiger partial charge in [0.25, 0.3) is 0 Å². The van der Waals surface area contributed by atoms with E-state index in [0.29, 0.717) is 5.91 Å². The molecule has 0 aliphatic carbocycles. The highest BCUT2D eigenvalue weighted by Gasteiger charge is 2.12. The van der Waals surface area contributed by atoms with Crippen LogP contribution in [0.15, 0.2) is 0 Å². The van der Waals surface area contributed by atoms with Crippen LogP contribution in [0.3, 0.4) is 0 Å². The van der Waals surface area contributed by atoms with Gasteiger partial charge in [0.2, 0.25) is 5.91 Å². The van der Waals surface area contributed by atoms with Gasteiger partial charge in [0.15, 0.2) is 0 Å². The van der Waals surface area contributed by atoms with Gasteiger partial charge in [-0.3, -0.25) is 4.79 Å². The average molecular weight is 311 g/mol. The van der Waals surface area contributed by atoms with E-state index in [2.05, 4.69) is 25.7 Å². The summed E-state index contributed by atoms with van der Waals surface area (Å²) in [7, 11) is 0. The van der Waals surface area contributed by atoms with E-state index in [1.165, 1.54) is 70.6 Å². The van der Waals surface area contributed by atoms with Crippen molar-refractivity contribution in [2.45, 2.75) is 104 Å². The zero-order valence-corrected chi connectivity index (χ0v) is 15.4. The zero-order valence-electron chi connectivity index (χ0n) is 15.4. The number of hydrogen-bond acceptors (Lipinski definition) is 1. The van der Waals surface area contributed by atoms with Crippen LogP contribution in [0.2, 0.25) is 0 Å². The third-order valence-corrected chi connectivity index (χ3v) is 4.31. The highest BCUT2D eigenvalue weighted by molar-refractivity contribution is 5.76. The summed E-state index contributed by atoms with van der Waals surface area (Å²) in [6.07, 6.45) is 16.4. The van der Waals surface area contributed by atoms with Crippen LogP contribution in [0.25, 0.3) is 0 Å². The van der Waals surface area contributed by atoms with Crippen LogP contribution in [0.1, 0.15) is 104 Å². The van der Waals surface area contributed by atoms with Crippen molar-refractivity contribution in [2.75, 3.05) is 13.1 Å². The lowest BCUT2D eigenvalue weighted by molar-refractivity contribution is -0.131. The number of carbonyl (C=O) groups excluding carboxylic acids is 1. The Bertz CT molecular complexity index is 228. The molecule has 0 N–H and O–H groups in total. The summed E-state index contributed by atoms with van der Waals surface area (Å²) in [6, 6.07) is 0. The fourth-order valence-electron chi connectivity index (χ4n) is 2.78. The zero-order chi connectivity index (χ0) is 16.5. The second-order valence-electron chi connectivity index (χ2n) is 6.52. The van der Waals surface area contributed by atoms with Crippen LogP contribution in [0.5, 0.6) is 0 Å². The molecule has 0 spiro atoms. The van der Waals surface area contributed by atoms with E-state index >= 15 is 0 Å². The van der Waals surface area contributed by atoms with Crippen LogP contribution < -0.4 is 0 Å². The fourth-order valence-corrected chi connectivity index (χ4v) is 2.78. The summed E-state index contributed by atoms with van der Waals surface area (Å²) < 4.78 is 0. The highest BCUT2D eigenvalue weighted by Crippen LogP contribution is 2.10. The summed E-state index contributed by atoms with van der Waals surface area (Å²) in [5.41, 5.74) is 0. The SMILES string of the molecule is [CH2]CCCCCCC(=O)N(CCCCCC)CCCCCC. The Kier molecular flexibility index (Phi) is 16.4. The molecule has 2 nitrogen and oxygen atoms in total. The van der Waals surface area contributed by atoms with Gasteiger partial charge in [0.05, 0.1) is 0 Å². The number of nitrogens with zero attached hydrogens (tertiary/aromatic N) is 1. The Hall–Kier alpha value is -0.530. The smallest absolute Gasteiger partial charge is 0.222 e. The first-order chi connectivity index (χ1) is 10.8. The molecule has 1 amide bonds. The van der Waals surface area contributed by atoms with Gasteiger partial charge in [-0.1, -0.05) is 85.0 Å². The predicted octanol–water partition coefficient (Wildman–Crippen LogP) is 6.15. The fraction of sp³-hybridized carbons (Fsp3) is 0.900. The lowest BCUT2D eigenvalue weighted by Crippen LogP contribution is -2.32. The van der Waals surface area contributed by atoms with Gasteiger partial charge in [0.1, 0.15) is 0 Å². The van der Waals surface area contributed by atoms with Crippen molar-refractivity contribution < 1.29 is 4.79 Å². The maximum Gasteiger partial charge on any atom is 0.222 e. The molecule has 1 radical (unpaired) electrons. The summed E-state index contributed by atoms with van der Waals surface area (Å²) in [5.74, 6) is 0.391. The van der Waals surface area contributed by atoms with Gasteiger partial charge in [-0.15, -0.1) is 0 Å². The molecular weight excluding hydrogens is 270 g/mol. The van der Waals surface area contributed by atoms with Gasteiger partial charge >= 0.3 is 0 Å². The third-order valence-electron chi connectivity index (χ3n) is 4.31. The predicted molar refractivity (Wildman–Crippen MR) is 97.9 cm³/mol. The van der Waals surface area contributed by atoms with Crippen molar-refractivity contribution in [3.63, 3.8) is 0 Å². The molecule has 0 aromatic carbocycles. The van der Waals surface area contributed by atoms with Gasteiger partial charge in [-0.05, 0) is 19.3 Å². The molecule has 0 saturated heterocycles. The molecule has 131 valence electrons. The van der Waals surface area contributed by atoms with Gasteiger partial charge in [-0.25, -0.2) is 0 Å². The Balaban J connectivity index is 3.97. The number of amides is 1. The van der Waals surface area contributed by atoms with E-state index in [1.54, 1.807) is 0 Å². The second-order valence-corrected chi connectivity index (χ2v) is 6.52. The first kappa shape index (κ1) is 21.5. The van der Waals surface area contributed by atoms with E-state index in [9.17, 15) is 4.79 Å². The van der Waals surface area contributed by atoms with E-state index in [-0.39, 0.29) is 0 Å². The Morgan fingerprint density at radius 3 is 1.73 bits per heavy atom. The summed E-state index contributed by atoms with van der Waals surface area (Å²) in [5, 5.41) is 0. The summed E-state index contributed by atoms with van der Waals surface area (Å²) >= 11 is 0. The summed E-state index contributed by atoms with van der Waals surface area (Å²) in [4.78, 5) is 14.6. The normalized spacial score (nSPS) is 10.9. The van der Waals surface area contributed by atoms with Crippen molar-refractivity contribution in [1.29, 1.82) is 0 Å². The van der Waals surface area contributed by atoms with Crippen molar-refractivity contribution in [1.82, 2.24) is 4.90 Å². The molecule has 0 heterocycles. The molecule has 0 atom stereocenters. The lowest BCUT2D eigenvalue weighted by Gasteiger charge is -2.23. The molecule has 0 rings (SSSR count). The molecule has 2 heteroatoms. The molecule has 0 saturated carbocycles. The van der Waals surface area contributed by atoms with Gasteiger partial charge < -0.3 is 4.90 Å². The Morgan fingerprint density at radius 1 is 0.727 bits per heavy atom. The monoisotopic (exact) mass is 310 g/mol. The van der Waals surface area contributed by atoms with Crippen LogP contribution in [0.4, 0.5) is 0 Å². The molecule has 0 unspecified atom stereocenters. The minimum atomic E-state index is 0.391.